The molecule has 0 unspecified atom stereocenters. The molecule has 0 atom stereocenters. The number of carbonyl (C=O) groups excluding carboxylic acids is 2. The Labute approximate surface area is 272 Å². The zero-order valence-corrected chi connectivity index (χ0v) is 25.3. The molecule has 18 heteroatoms. The van der Waals surface area contributed by atoms with Crippen LogP contribution in [-0.4, -0.2) is 53.0 Å². The van der Waals surface area contributed by atoms with Crippen molar-refractivity contribution in [2.45, 2.75) is 39.2 Å². The SMILES string of the molecule is Cc1cc(C#N)cc(C(=O)NCc2ccccc2OC(F)(F)F)c1CC(=O)c1cc(Cn2nnc(C(F)F)n2)nn1-c1ncccc1Cl. The normalized spacial score (nSPS) is 11.4. The summed E-state index contributed by atoms with van der Waals surface area (Å²) in [6.07, 6.45) is -6.90. The smallest absolute Gasteiger partial charge is 0.405 e. The molecule has 12 nitrogen and oxygen atoms in total. The summed E-state index contributed by atoms with van der Waals surface area (Å²) in [5.74, 6) is -2.58. The number of ketones is 1. The highest BCUT2D eigenvalue weighted by molar-refractivity contribution is 6.32. The van der Waals surface area contributed by atoms with Gasteiger partial charge in [0.25, 0.3) is 5.91 Å². The van der Waals surface area contributed by atoms with E-state index in [2.05, 4.69) is 35.5 Å². The Hall–Kier alpha value is -5.76. The van der Waals surface area contributed by atoms with Crippen LogP contribution in [0.4, 0.5) is 22.0 Å². The molecule has 2 aromatic carbocycles. The number of carbonyl (C=O) groups is 2. The number of aryl methyl sites for hydroxylation is 1. The second-order valence-corrected chi connectivity index (χ2v) is 10.5. The number of aromatic nitrogens is 7. The minimum Gasteiger partial charge on any atom is -0.405 e. The molecule has 0 fully saturated rings. The van der Waals surface area contributed by atoms with Gasteiger partial charge in [-0.25, -0.2) is 18.4 Å². The summed E-state index contributed by atoms with van der Waals surface area (Å²) in [7, 11) is 0. The van der Waals surface area contributed by atoms with Gasteiger partial charge in [-0.15, -0.1) is 23.4 Å². The van der Waals surface area contributed by atoms with E-state index in [1.165, 1.54) is 48.7 Å². The Morgan fingerprint density at radius 3 is 2.56 bits per heavy atom. The fourth-order valence-electron chi connectivity index (χ4n) is 4.67. The quantitative estimate of drug-likeness (QED) is 0.144. The minimum absolute atomic E-state index is 0.0279. The summed E-state index contributed by atoms with van der Waals surface area (Å²) in [5, 5.41) is 27.1. The van der Waals surface area contributed by atoms with Gasteiger partial charge in [0.15, 0.2) is 11.6 Å². The van der Waals surface area contributed by atoms with Crippen molar-refractivity contribution >= 4 is 23.3 Å². The topological polar surface area (TPSA) is 154 Å². The van der Waals surface area contributed by atoms with Crippen LogP contribution >= 0.6 is 11.6 Å². The van der Waals surface area contributed by atoms with Gasteiger partial charge in [-0.3, -0.25) is 9.59 Å². The van der Waals surface area contributed by atoms with E-state index in [9.17, 15) is 36.8 Å². The molecule has 3 aromatic heterocycles. The van der Waals surface area contributed by atoms with Crippen molar-refractivity contribution in [3.05, 3.63) is 111 Å². The molecule has 0 spiro atoms. The summed E-state index contributed by atoms with van der Waals surface area (Å²) in [4.78, 5) is 32.4. The molecule has 0 aliphatic rings. The van der Waals surface area contributed by atoms with Crippen molar-refractivity contribution in [1.29, 1.82) is 5.26 Å². The van der Waals surface area contributed by atoms with Crippen LogP contribution in [0.5, 0.6) is 5.75 Å². The van der Waals surface area contributed by atoms with Gasteiger partial charge in [0.1, 0.15) is 18.0 Å². The van der Waals surface area contributed by atoms with Gasteiger partial charge in [0.2, 0.25) is 5.82 Å². The van der Waals surface area contributed by atoms with Crippen molar-refractivity contribution in [2.75, 3.05) is 0 Å². The zero-order valence-electron chi connectivity index (χ0n) is 24.5. The summed E-state index contributed by atoms with van der Waals surface area (Å²) < 4.78 is 69.9. The molecule has 0 radical (unpaired) electrons. The maximum Gasteiger partial charge on any atom is 0.573 e. The highest BCUT2D eigenvalue weighted by Crippen LogP contribution is 2.27. The van der Waals surface area contributed by atoms with E-state index < -0.39 is 42.5 Å². The minimum atomic E-state index is -4.96. The summed E-state index contributed by atoms with van der Waals surface area (Å²) in [6, 6.07) is 14.4. The second-order valence-electron chi connectivity index (χ2n) is 10.1. The van der Waals surface area contributed by atoms with Gasteiger partial charge in [-0.2, -0.15) is 15.2 Å². The van der Waals surface area contributed by atoms with Crippen molar-refractivity contribution in [3.8, 4) is 17.6 Å². The van der Waals surface area contributed by atoms with Crippen molar-refractivity contribution in [2.24, 2.45) is 0 Å². The van der Waals surface area contributed by atoms with Gasteiger partial charge in [0.05, 0.1) is 22.3 Å². The molecule has 0 saturated carbocycles. The van der Waals surface area contributed by atoms with E-state index >= 15 is 0 Å². The number of amides is 1. The van der Waals surface area contributed by atoms with E-state index in [-0.39, 0.29) is 57.6 Å². The van der Waals surface area contributed by atoms with Crippen LogP contribution in [0.3, 0.4) is 0 Å². The fourth-order valence-corrected chi connectivity index (χ4v) is 4.87. The van der Waals surface area contributed by atoms with Crippen LogP contribution < -0.4 is 10.1 Å². The lowest BCUT2D eigenvalue weighted by molar-refractivity contribution is -0.274. The predicted octanol–water partition coefficient (Wildman–Crippen LogP) is 5.33. The van der Waals surface area contributed by atoms with Gasteiger partial charge in [-0.1, -0.05) is 29.8 Å². The first kappa shape index (κ1) is 33.6. The molecule has 0 aliphatic carbocycles. The number of nitriles is 1. The van der Waals surface area contributed by atoms with E-state index in [1.54, 1.807) is 13.0 Å². The maximum absolute atomic E-state index is 13.9. The average molecular weight is 686 g/mol. The van der Waals surface area contributed by atoms with Crippen LogP contribution in [0.2, 0.25) is 5.02 Å². The lowest BCUT2D eigenvalue weighted by Gasteiger charge is -2.16. The number of halogens is 6. The average Bonchev–Trinajstić information content (AvgIpc) is 3.68. The van der Waals surface area contributed by atoms with Crippen LogP contribution in [-0.2, 0) is 19.5 Å². The molecule has 246 valence electrons. The Morgan fingerprint density at radius 2 is 1.88 bits per heavy atom. The number of nitrogens with zero attached hydrogens (tertiary/aromatic N) is 8. The number of Topliss-reactive ketones (excluding diaryl/α,β-unsaturated/α-hetero) is 1. The standard InChI is InChI=1S/C30H21ClF5N9O3/c1-16-9-17(13-37)10-21(29(47)39-14-18-5-2-3-7-25(18)48-30(34,35)36)20(16)12-24(46)23-11-19(15-44-42-27(26(32)33)40-43-44)41-45(23)28-22(31)6-4-8-38-28/h2-11,26H,12,14-15H2,1H3,(H,39,47). The first-order chi connectivity index (χ1) is 22.8. The molecule has 1 N–H and O–H groups in total. The van der Waals surface area contributed by atoms with Crippen molar-refractivity contribution in [1.82, 2.24) is 40.3 Å². The number of rotatable bonds is 11. The molecule has 5 rings (SSSR count). The molecule has 5 aromatic rings. The van der Waals surface area contributed by atoms with E-state index in [0.29, 0.717) is 5.56 Å². The van der Waals surface area contributed by atoms with Gasteiger partial charge >= 0.3 is 12.8 Å². The number of alkyl halides is 5. The number of hydrogen-bond acceptors (Lipinski definition) is 9. The second kappa shape index (κ2) is 13.9. The molecule has 3 heterocycles. The molecular formula is C30H21ClF5N9O3. The van der Waals surface area contributed by atoms with Crippen molar-refractivity contribution < 1.29 is 36.3 Å². The number of pyridine rings is 1. The number of para-hydroxylation sites is 1. The summed E-state index contributed by atoms with van der Waals surface area (Å²) in [5.41, 5.74) is 0.799. The lowest BCUT2D eigenvalue weighted by Crippen LogP contribution is -2.26. The Kier molecular flexibility index (Phi) is 9.75. The third-order valence-corrected chi connectivity index (χ3v) is 7.07. The Bertz CT molecular complexity index is 2040. The fraction of sp³-hybridized carbons (Fsp3) is 0.200. The predicted molar refractivity (Wildman–Crippen MR) is 156 cm³/mol. The maximum atomic E-state index is 13.9. The molecule has 0 saturated heterocycles. The van der Waals surface area contributed by atoms with E-state index in [4.69, 9.17) is 11.6 Å². The number of tetrazole rings is 1. The molecule has 0 bridgehead atoms. The monoisotopic (exact) mass is 685 g/mol. The largest absolute Gasteiger partial charge is 0.573 e. The highest BCUT2D eigenvalue weighted by Gasteiger charge is 2.32. The molecule has 1 amide bonds. The summed E-state index contributed by atoms with van der Waals surface area (Å²) in [6.45, 7) is 0.967. The number of ether oxygens (including phenoxy) is 1. The Morgan fingerprint density at radius 1 is 1.10 bits per heavy atom. The Balaban J connectivity index is 1.47. The van der Waals surface area contributed by atoms with E-state index in [1.807, 2.05) is 6.07 Å². The molecular weight excluding hydrogens is 665 g/mol. The molecule has 48 heavy (non-hydrogen) atoms. The number of hydrogen-bond donors (Lipinski definition) is 1. The van der Waals surface area contributed by atoms with Crippen LogP contribution in [0, 0.1) is 18.3 Å². The third kappa shape index (κ3) is 7.78. The van der Waals surface area contributed by atoms with Crippen LogP contribution in [0.25, 0.3) is 5.82 Å². The number of benzene rings is 2. The highest BCUT2D eigenvalue weighted by atomic mass is 35.5. The lowest BCUT2D eigenvalue weighted by atomic mass is 9.93. The number of nitrogens with one attached hydrogen (secondary N) is 1. The van der Waals surface area contributed by atoms with E-state index in [0.717, 1.165) is 15.5 Å². The van der Waals surface area contributed by atoms with Gasteiger partial charge in [0, 0.05) is 30.3 Å². The first-order valence-corrected chi connectivity index (χ1v) is 14.1. The van der Waals surface area contributed by atoms with Gasteiger partial charge < -0.3 is 10.1 Å². The zero-order chi connectivity index (χ0) is 34.6. The van der Waals surface area contributed by atoms with Crippen molar-refractivity contribution in [3.63, 3.8) is 0 Å². The first-order valence-electron chi connectivity index (χ1n) is 13.8. The van der Waals surface area contributed by atoms with Gasteiger partial charge in [-0.05, 0) is 59.7 Å². The summed E-state index contributed by atoms with van der Waals surface area (Å²) >= 11 is 6.35. The third-order valence-electron chi connectivity index (χ3n) is 6.77. The van der Waals surface area contributed by atoms with Crippen LogP contribution in [0.1, 0.15) is 61.0 Å². The molecule has 0 aliphatic heterocycles. The van der Waals surface area contributed by atoms with Crippen LogP contribution in [0.15, 0.2) is 60.8 Å².